The first-order valence-corrected chi connectivity index (χ1v) is 7.90. The summed E-state index contributed by atoms with van der Waals surface area (Å²) >= 11 is 3.35. The molecule has 0 heterocycles. The molecule has 21 heavy (non-hydrogen) atoms. The Bertz CT molecular complexity index is 515. The van der Waals surface area contributed by atoms with Crippen molar-refractivity contribution in [3.63, 3.8) is 0 Å². The fraction of sp³-hybridized carbons (Fsp3) is 0.467. The van der Waals surface area contributed by atoms with Gasteiger partial charge in [0.1, 0.15) is 0 Å². The molecule has 5 nitrogen and oxygen atoms in total. The van der Waals surface area contributed by atoms with Crippen LogP contribution in [-0.2, 0) is 0 Å². The maximum absolute atomic E-state index is 11.9. The van der Waals surface area contributed by atoms with Gasteiger partial charge in [-0.3, -0.25) is 9.79 Å². The minimum Gasteiger partial charge on any atom is -0.355 e. The molecule has 0 bridgehead atoms. The minimum atomic E-state index is -0.0666. The van der Waals surface area contributed by atoms with Crippen molar-refractivity contribution >= 4 is 27.8 Å². The van der Waals surface area contributed by atoms with Crippen molar-refractivity contribution in [3.8, 4) is 0 Å². The zero-order valence-electron chi connectivity index (χ0n) is 12.3. The Morgan fingerprint density at radius 2 is 1.90 bits per heavy atom. The van der Waals surface area contributed by atoms with E-state index in [9.17, 15) is 4.79 Å². The van der Waals surface area contributed by atoms with Gasteiger partial charge in [-0.25, -0.2) is 0 Å². The molecule has 0 aliphatic heterocycles. The Hall–Kier alpha value is -1.56. The first-order chi connectivity index (χ1) is 10.1. The standard InChI is InChI=1S/C15H21BrN4O/c1-10-9-13(10)20-15(17-2)19-8-7-18-14(21)11-3-5-12(16)6-4-11/h3-6,10,13H,7-9H2,1-2H3,(H,18,21)(H2,17,19,20). The molecular weight excluding hydrogens is 332 g/mol. The van der Waals surface area contributed by atoms with Crippen molar-refractivity contribution < 1.29 is 4.79 Å². The zero-order chi connectivity index (χ0) is 15.2. The Morgan fingerprint density at radius 1 is 1.29 bits per heavy atom. The number of rotatable bonds is 5. The molecule has 0 aromatic heterocycles. The van der Waals surface area contributed by atoms with Crippen LogP contribution in [0.4, 0.5) is 0 Å². The fourth-order valence-electron chi connectivity index (χ4n) is 1.95. The third-order valence-corrected chi connectivity index (χ3v) is 3.99. The SMILES string of the molecule is CN=C(NCCNC(=O)c1ccc(Br)cc1)NC1CC1C. The molecule has 3 N–H and O–H groups in total. The van der Waals surface area contributed by atoms with Gasteiger partial charge in [0.2, 0.25) is 0 Å². The Morgan fingerprint density at radius 3 is 2.48 bits per heavy atom. The largest absolute Gasteiger partial charge is 0.355 e. The first kappa shape index (κ1) is 15.8. The molecule has 0 radical (unpaired) electrons. The molecule has 1 aromatic rings. The van der Waals surface area contributed by atoms with Crippen LogP contribution in [0.25, 0.3) is 0 Å². The number of nitrogens with zero attached hydrogens (tertiary/aromatic N) is 1. The molecule has 2 unspecified atom stereocenters. The summed E-state index contributed by atoms with van der Waals surface area (Å²) in [5.41, 5.74) is 0.660. The highest BCUT2D eigenvalue weighted by Gasteiger charge is 2.33. The van der Waals surface area contributed by atoms with Gasteiger partial charge in [0.15, 0.2) is 5.96 Å². The van der Waals surface area contributed by atoms with Gasteiger partial charge >= 0.3 is 0 Å². The molecule has 114 valence electrons. The fourth-order valence-corrected chi connectivity index (χ4v) is 2.22. The molecule has 1 aliphatic carbocycles. The lowest BCUT2D eigenvalue weighted by molar-refractivity contribution is 0.0954. The van der Waals surface area contributed by atoms with Crippen molar-refractivity contribution in [2.24, 2.45) is 10.9 Å². The molecular formula is C15H21BrN4O. The van der Waals surface area contributed by atoms with E-state index in [-0.39, 0.29) is 5.91 Å². The van der Waals surface area contributed by atoms with Gasteiger partial charge < -0.3 is 16.0 Å². The van der Waals surface area contributed by atoms with Gasteiger partial charge in [-0.2, -0.15) is 0 Å². The van der Waals surface area contributed by atoms with Crippen LogP contribution in [0.15, 0.2) is 33.7 Å². The maximum atomic E-state index is 11.9. The summed E-state index contributed by atoms with van der Waals surface area (Å²) in [6.07, 6.45) is 1.20. The number of carbonyl (C=O) groups excluding carboxylic acids is 1. The van der Waals surface area contributed by atoms with Crippen molar-refractivity contribution in [3.05, 3.63) is 34.3 Å². The molecule has 0 spiro atoms. The third kappa shape index (κ3) is 5.04. The first-order valence-electron chi connectivity index (χ1n) is 7.11. The monoisotopic (exact) mass is 352 g/mol. The van der Waals surface area contributed by atoms with Gasteiger partial charge in [0.25, 0.3) is 5.91 Å². The predicted molar refractivity (Wildman–Crippen MR) is 88.5 cm³/mol. The quantitative estimate of drug-likeness (QED) is 0.429. The molecule has 1 fully saturated rings. The van der Waals surface area contributed by atoms with Crippen LogP contribution in [0.2, 0.25) is 0 Å². The van der Waals surface area contributed by atoms with Gasteiger partial charge in [-0.1, -0.05) is 22.9 Å². The van der Waals surface area contributed by atoms with E-state index in [2.05, 4.69) is 43.8 Å². The normalized spacial score (nSPS) is 20.8. The van der Waals surface area contributed by atoms with E-state index in [4.69, 9.17) is 0 Å². The van der Waals surface area contributed by atoms with Crippen LogP contribution in [0.1, 0.15) is 23.7 Å². The van der Waals surface area contributed by atoms with E-state index in [0.29, 0.717) is 24.7 Å². The number of carbonyl (C=O) groups is 1. The highest BCUT2D eigenvalue weighted by Crippen LogP contribution is 2.28. The van der Waals surface area contributed by atoms with Crippen LogP contribution >= 0.6 is 15.9 Å². The van der Waals surface area contributed by atoms with Crippen molar-refractivity contribution in [1.82, 2.24) is 16.0 Å². The van der Waals surface area contributed by atoms with E-state index in [0.717, 1.165) is 16.4 Å². The average molecular weight is 353 g/mol. The molecule has 1 aliphatic rings. The van der Waals surface area contributed by atoms with Crippen LogP contribution in [-0.4, -0.2) is 38.0 Å². The molecule has 6 heteroatoms. The number of hydrogen-bond donors (Lipinski definition) is 3. The maximum Gasteiger partial charge on any atom is 0.251 e. The Balaban J connectivity index is 1.66. The zero-order valence-corrected chi connectivity index (χ0v) is 13.9. The van der Waals surface area contributed by atoms with Gasteiger partial charge in [-0.05, 0) is 36.6 Å². The summed E-state index contributed by atoms with van der Waals surface area (Å²) in [4.78, 5) is 16.1. The molecule has 0 saturated heterocycles. The van der Waals surface area contributed by atoms with E-state index < -0.39 is 0 Å². The number of hydrogen-bond acceptors (Lipinski definition) is 2. The number of amides is 1. The van der Waals surface area contributed by atoms with Crippen molar-refractivity contribution in [1.29, 1.82) is 0 Å². The predicted octanol–water partition coefficient (Wildman–Crippen LogP) is 1.75. The number of benzene rings is 1. The van der Waals surface area contributed by atoms with Crippen LogP contribution in [0.3, 0.4) is 0 Å². The van der Waals surface area contributed by atoms with Gasteiger partial charge in [-0.15, -0.1) is 0 Å². The Kier molecular flexibility index (Phi) is 5.61. The number of aliphatic imine (C=N–C) groups is 1. The average Bonchev–Trinajstić information content (AvgIpc) is 3.18. The summed E-state index contributed by atoms with van der Waals surface area (Å²) in [6, 6.07) is 7.84. The van der Waals surface area contributed by atoms with Gasteiger partial charge in [0.05, 0.1) is 0 Å². The number of guanidine groups is 1. The lowest BCUT2D eigenvalue weighted by Gasteiger charge is -2.12. The second-order valence-electron chi connectivity index (χ2n) is 5.23. The summed E-state index contributed by atoms with van der Waals surface area (Å²) < 4.78 is 0.963. The lowest BCUT2D eigenvalue weighted by Crippen LogP contribution is -2.42. The van der Waals surface area contributed by atoms with Crippen molar-refractivity contribution in [2.75, 3.05) is 20.1 Å². The van der Waals surface area contributed by atoms with Crippen molar-refractivity contribution in [2.45, 2.75) is 19.4 Å². The van der Waals surface area contributed by atoms with E-state index in [1.165, 1.54) is 6.42 Å². The highest BCUT2D eigenvalue weighted by molar-refractivity contribution is 9.10. The minimum absolute atomic E-state index is 0.0666. The van der Waals surface area contributed by atoms with Gasteiger partial charge in [0, 0.05) is 36.2 Å². The molecule has 2 rings (SSSR count). The van der Waals surface area contributed by atoms with E-state index >= 15 is 0 Å². The summed E-state index contributed by atoms with van der Waals surface area (Å²) in [5, 5.41) is 9.41. The molecule has 1 saturated carbocycles. The highest BCUT2D eigenvalue weighted by atomic mass is 79.9. The summed E-state index contributed by atoms with van der Waals surface area (Å²) in [6.45, 7) is 3.41. The molecule has 2 atom stereocenters. The van der Waals surface area contributed by atoms with Crippen LogP contribution < -0.4 is 16.0 Å². The lowest BCUT2D eigenvalue weighted by atomic mass is 10.2. The van der Waals surface area contributed by atoms with E-state index in [1.54, 1.807) is 19.2 Å². The Labute approximate surface area is 133 Å². The van der Waals surface area contributed by atoms with Crippen LogP contribution in [0.5, 0.6) is 0 Å². The molecule has 1 amide bonds. The topological polar surface area (TPSA) is 65.5 Å². The third-order valence-electron chi connectivity index (χ3n) is 3.46. The number of nitrogens with one attached hydrogen (secondary N) is 3. The second kappa shape index (κ2) is 7.45. The molecule has 1 aromatic carbocycles. The number of halogens is 1. The summed E-state index contributed by atoms with van der Waals surface area (Å²) in [5.74, 6) is 1.45. The van der Waals surface area contributed by atoms with Crippen LogP contribution in [0, 0.1) is 5.92 Å². The van der Waals surface area contributed by atoms with E-state index in [1.807, 2.05) is 12.1 Å². The smallest absolute Gasteiger partial charge is 0.251 e. The second-order valence-corrected chi connectivity index (χ2v) is 6.14. The summed E-state index contributed by atoms with van der Waals surface area (Å²) in [7, 11) is 1.75.